The molecule has 3 aromatic carbocycles. The van der Waals surface area contributed by atoms with Gasteiger partial charge >= 0.3 is 0 Å². The van der Waals surface area contributed by atoms with Crippen molar-refractivity contribution < 1.29 is 9.47 Å². The van der Waals surface area contributed by atoms with Crippen molar-refractivity contribution in [2.24, 2.45) is 52.3 Å². The number of hydrogen-bond acceptors (Lipinski definition) is 2. The average molecular weight is 741 g/mol. The van der Waals surface area contributed by atoms with Gasteiger partial charge in [0.25, 0.3) is 0 Å². The molecule has 3 aromatic rings. The van der Waals surface area contributed by atoms with E-state index in [-0.39, 0.29) is 5.41 Å². The Kier molecular flexibility index (Phi) is 11.8. The molecule has 4 aliphatic carbocycles. The normalized spacial score (nSPS) is 32.3. The molecule has 4 aliphatic rings. The van der Waals surface area contributed by atoms with E-state index < -0.39 is 0 Å². The van der Waals surface area contributed by atoms with Crippen LogP contribution in [0.2, 0.25) is 0 Å². The molecule has 0 amide bonds. The van der Waals surface area contributed by atoms with Crippen LogP contribution in [0.15, 0.2) is 96.3 Å². The maximum atomic E-state index is 6.33. The second-order valence-corrected chi connectivity index (χ2v) is 20.1. The van der Waals surface area contributed by atoms with E-state index in [1.54, 1.807) is 0 Å². The summed E-state index contributed by atoms with van der Waals surface area (Å²) in [5.41, 5.74) is 6.31. The second kappa shape index (κ2) is 16.3. The van der Waals surface area contributed by atoms with Crippen molar-refractivity contribution in [3.8, 4) is 17.2 Å². The number of fused-ring (bicyclic) bond motifs is 5. The number of rotatable bonds is 12. The Morgan fingerprint density at radius 3 is 1.93 bits per heavy atom. The number of ether oxygens (including phenoxy) is 2. The van der Waals surface area contributed by atoms with Gasteiger partial charge in [-0.05, 0) is 191 Å². The first-order chi connectivity index (χ1) is 26.3. The highest BCUT2D eigenvalue weighted by Crippen LogP contribution is 2.70. The van der Waals surface area contributed by atoms with Gasteiger partial charge in [0.15, 0.2) is 0 Å². The molecule has 55 heavy (non-hydrogen) atoms. The molecule has 0 aliphatic heterocycles. The van der Waals surface area contributed by atoms with E-state index in [4.69, 9.17) is 9.47 Å². The molecular weight excluding hydrogens is 669 g/mol. The van der Waals surface area contributed by atoms with E-state index in [0.717, 1.165) is 64.4 Å². The van der Waals surface area contributed by atoms with Crippen molar-refractivity contribution in [2.75, 3.05) is 0 Å². The lowest BCUT2D eigenvalue weighted by molar-refractivity contribution is -0.122. The van der Waals surface area contributed by atoms with Crippen LogP contribution >= 0.6 is 0 Å². The minimum absolute atomic E-state index is 0.0298. The van der Waals surface area contributed by atoms with Crippen molar-refractivity contribution in [1.29, 1.82) is 0 Å². The Balaban J connectivity index is 1.14. The molecule has 0 aromatic heterocycles. The van der Waals surface area contributed by atoms with Crippen LogP contribution in [0.1, 0.15) is 149 Å². The Morgan fingerprint density at radius 1 is 0.673 bits per heavy atom. The lowest BCUT2D eigenvalue weighted by Gasteiger charge is -2.63. The van der Waals surface area contributed by atoms with Gasteiger partial charge in [0.05, 0.1) is 0 Å². The van der Waals surface area contributed by atoms with E-state index in [0.29, 0.717) is 10.8 Å². The Labute approximate surface area is 335 Å². The Hall–Kier alpha value is -3.26. The average Bonchev–Trinajstić information content (AvgIpc) is 3.52. The summed E-state index contributed by atoms with van der Waals surface area (Å²) < 4.78 is 12.6. The van der Waals surface area contributed by atoms with Gasteiger partial charge in [0.1, 0.15) is 23.0 Å². The van der Waals surface area contributed by atoms with Crippen LogP contribution < -0.4 is 9.47 Å². The third kappa shape index (κ3) is 8.13. The van der Waals surface area contributed by atoms with Gasteiger partial charge in [-0.1, -0.05) is 107 Å². The van der Waals surface area contributed by atoms with Crippen LogP contribution in [0.4, 0.5) is 0 Å². The maximum absolute atomic E-state index is 6.33. The van der Waals surface area contributed by atoms with Gasteiger partial charge in [-0.3, -0.25) is 0 Å². The molecule has 4 saturated carbocycles. The summed E-state index contributed by atoms with van der Waals surface area (Å²) in [7, 11) is 0. The molecule has 0 N–H and O–H groups in total. The smallest absolute Gasteiger partial charge is 0.127 e. The molecule has 0 saturated heterocycles. The zero-order chi connectivity index (χ0) is 39.0. The topological polar surface area (TPSA) is 18.5 Å². The summed E-state index contributed by atoms with van der Waals surface area (Å²) in [6.07, 6.45) is 20.8. The molecule has 0 bridgehead atoms. The van der Waals surface area contributed by atoms with Crippen molar-refractivity contribution in [3.63, 3.8) is 0 Å². The van der Waals surface area contributed by atoms with Crippen LogP contribution in [0.25, 0.3) is 0 Å². The number of benzene rings is 3. The second-order valence-electron chi connectivity index (χ2n) is 20.1. The van der Waals surface area contributed by atoms with Crippen molar-refractivity contribution in [2.45, 2.75) is 145 Å². The molecule has 9 atom stereocenters. The van der Waals surface area contributed by atoms with Gasteiger partial charge < -0.3 is 9.47 Å². The molecule has 2 heteroatoms. The van der Waals surface area contributed by atoms with Gasteiger partial charge in [-0.15, -0.1) is 0 Å². The molecule has 4 fully saturated rings. The van der Waals surface area contributed by atoms with E-state index >= 15 is 0 Å². The standard InChI is InChI=1S/C53H72O2/c1-36(2)11-10-12-39(6)48-29-30-49-47-28-21-43-35-53(34-33-51(43,8)50(47)31-32-52(48,49)9,41-17-24-44(25-18-41)54-40(7)16-13-37(3)4)42-19-26-46(27-20-42)55-45-22-14-38(5)15-23-45/h13-20,22-27,36,39,43,47-50H,10-12,21,28-35H2,1-9H3/b40-16+. The number of aryl methyl sites for hydroxylation is 1. The van der Waals surface area contributed by atoms with Crippen molar-refractivity contribution in [1.82, 2.24) is 0 Å². The number of hydrogen-bond donors (Lipinski definition) is 0. The predicted molar refractivity (Wildman–Crippen MR) is 232 cm³/mol. The SMILES string of the molecule is CC(C)=C/C=C(\C)Oc1ccc(C2(c3ccc(Oc4ccc(C)cc4)cc3)CCC3(C)C(CCC4C3CCC3(C)C(C(C)CCCC(C)C)CCC43)C2)cc1. The first-order valence-electron chi connectivity index (χ1n) is 22.3. The Morgan fingerprint density at radius 2 is 1.29 bits per heavy atom. The quantitative estimate of drug-likeness (QED) is 0.136. The molecule has 0 radical (unpaired) electrons. The molecular formula is C53H72O2. The monoisotopic (exact) mass is 741 g/mol. The summed E-state index contributed by atoms with van der Waals surface area (Å²) in [5.74, 6) is 9.68. The fraction of sp³-hybridized carbons (Fsp3) is 0.585. The number of allylic oxidation sites excluding steroid dienone is 4. The van der Waals surface area contributed by atoms with Crippen molar-refractivity contribution >= 4 is 0 Å². The molecule has 2 nitrogen and oxygen atoms in total. The van der Waals surface area contributed by atoms with Crippen LogP contribution in [0.5, 0.6) is 17.2 Å². The third-order valence-corrected chi connectivity index (χ3v) is 16.0. The molecule has 7 rings (SSSR count). The predicted octanol–water partition coefficient (Wildman–Crippen LogP) is 15.4. The molecule has 0 heterocycles. The highest BCUT2D eigenvalue weighted by atomic mass is 16.5. The van der Waals surface area contributed by atoms with Gasteiger partial charge in [-0.2, -0.15) is 0 Å². The lowest BCUT2D eigenvalue weighted by Crippen LogP contribution is -2.55. The van der Waals surface area contributed by atoms with E-state index in [2.05, 4.69) is 140 Å². The highest BCUT2D eigenvalue weighted by Gasteiger charge is 2.62. The van der Waals surface area contributed by atoms with Gasteiger partial charge in [0, 0.05) is 5.41 Å². The van der Waals surface area contributed by atoms with Gasteiger partial charge in [0.2, 0.25) is 0 Å². The maximum Gasteiger partial charge on any atom is 0.127 e. The van der Waals surface area contributed by atoms with E-state index in [1.807, 2.05) is 6.92 Å². The van der Waals surface area contributed by atoms with E-state index in [9.17, 15) is 0 Å². The molecule has 0 spiro atoms. The Bertz CT molecular complexity index is 1790. The summed E-state index contributed by atoms with van der Waals surface area (Å²) in [6.45, 7) is 21.3. The van der Waals surface area contributed by atoms with Crippen LogP contribution in [0, 0.1) is 59.2 Å². The molecule has 9 unspecified atom stereocenters. The fourth-order valence-corrected chi connectivity index (χ4v) is 12.9. The summed E-state index contributed by atoms with van der Waals surface area (Å²) in [5, 5.41) is 0. The fourth-order valence-electron chi connectivity index (χ4n) is 12.9. The third-order valence-electron chi connectivity index (χ3n) is 16.0. The van der Waals surface area contributed by atoms with Gasteiger partial charge in [-0.25, -0.2) is 0 Å². The first kappa shape index (κ1) is 40.0. The van der Waals surface area contributed by atoms with Crippen molar-refractivity contribution in [3.05, 3.63) is 113 Å². The zero-order valence-corrected chi connectivity index (χ0v) is 35.9. The zero-order valence-electron chi connectivity index (χ0n) is 35.9. The summed E-state index contributed by atoms with van der Waals surface area (Å²) in [4.78, 5) is 0. The summed E-state index contributed by atoms with van der Waals surface area (Å²) in [6, 6.07) is 26.7. The minimum atomic E-state index is -0.0298. The van der Waals surface area contributed by atoms with Crippen LogP contribution in [-0.2, 0) is 5.41 Å². The van der Waals surface area contributed by atoms with E-state index in [1.165, 1.54) is 99.3 Å². The summed E-state index contributed by atoms with van der Waals surface area (Å²) >= 11 is 0. The highest BCUT2D eigenvalue weighted by molar-refractivity contribution is 5.45. The minimum Gasteiger partial charge on any atom is -0.462 e. The largest absolute Gasteiger partial charge is 0.462 e. The molecule has 296 valence electrons. The van der Waals surface area contributed by atoms with Crippen LogP contribution in [0.3, 0.4) is 0 Å². The lowest BCUT2D eigenvalue weighted by atomic mass is 9.42. The van der Waals surface area contributed by atoms with Crippen LogP contribution in [-0.4, -0.2) is 0 Å². The first-order valence-corrected chi connectivity index (χ1v) is 22.3.